The van der Waals surface area contributed by atoms with Crippen molar-refractivity contribution in [1.29, 1.82) is 0 Å². The summed E-state index contributed by atoms with van der Waals surface area (Å²) < 4.78 is 2.08. The number of hydrogen-bond acceptors (Lipinski definition) is 3. The van der Waals surface area contributed by atoms with Crippen LogP contribution < -0.4 is 10.6 Å². The number of hydrogen-bond donors (Lipinski definition) is 3. The molecule has 0 aromatic carbocycles. The third-order valence-electron chi connectivity index (χ3n) is 3.96. The van der Waals surface area contributed by atoms with E-state index in [9.17, 15) is 9.90 Å². The first-order chi connectivity index (χ1) is 9.54. The summed E-state index contributed by atoms with van der Waals surface area (Å²) in [6.45, 7) is 6.24. The molecule has 0 radical (unpaired) electrons. The Bertz CT molecular complexity index is 454. The molecule has 2 amide bonds. The summed E-state index contributed by atoms with van der Waals surface area (Å²) in [5, 5.41) is 14.9. The Kier molecular flexibility index (Phi) is 4.65. The molecule has 0 bridgehead atoms. The van der Waals surface area contributed by atoms with Gasteiger partial charge in [-0.2, -0.15) is 0 Å². The molecular weight excluding hydrogens is 256 g/mol. The van der Waals surface area contributed by atoms with Crippen molar-refractivity contribution in [2.45, 2.75) is 33.2 Å². The van der Waals surface area contributed by atoms with Crippen molar-refractivity contribution in [3.05, 3.63) is 18.2 Å². The summed E-state index contributed by atoms with van der Waals surface area (Å²) in [5.74, 6) is 1.32. The van der Waals surface area contributed by atoms with E-state index in [2.05, 4.69) is 27.1 Å². The molecule has 20 heavy (non-hydrogen) atoms. The molecule has 1 unspecified atom stereocenters. The molecule has 3 N–H and O–H groups in total. The Balaban J connectivity index is 1.64. The standard InChI is InChI=1S/C14H24N4O2/c1-11(8-18-6-5-15-12(18)2)7-16-13(20)17-9-14(10-19)3-4-14/h5-6,11,19H,3-4,7-10H2,1-2H3,(H2,16,17,20). The molecule has 0 aliphatic heterocycles. The van der Waals surface area contributed by atoms with Crippen LogP contribution in [-0.2, 0) is 6.54 Å². The van der Waals surface area contributed by atoms with E-state index in [0.717, 1.165) is 25.2 Å². The van der Waals surface area contributed by atoms with Gasteiger partial charge in [0, 0.05) is 37.4 Å². The van der Waals surface area contributed by atoms with E-state index in [-0.39, 0.29) is 18.1 Å². The molecule has 1 aliphatic carbocycles. The summed E-state index contributed by atoms with van der Waals surface area (Å²) in [6.07, 6.45) is 5.73. The monoisotopic (exact) mass is 280 g/mol. The largest absolute Gasteiger partial charge is 0.396 e. The summed E-state index contributed by atoms with van der Waals surface area (Å²) >= 11 is 0. The van der Waals surface area contributed by atoms with Gasteiger partial charge in [-0.3, -0.25) is 0 Å². The Morgan fingerprint density at radius 3 is 2.85 bits per heavy atom. The second kappa shape index (κ2) is 6.26. The molecule has 1 aliphatic rings. The molecule has 112 valence electrons. The van der Waals surface area contributed by atoms with Crippen LogP contribution in [-0.4, -0.2) is 40.4 Å². The molecule has 6 heteroatoms. The SMILES string of the molecule is Cc1nccn1CC(C)CNC(=O)NCC1(CO)CC1. The van der Waals surface area contributed by atoms with Crippen molar-refractivity contribution in [2.75, 3.05) is 19.7 Å². The first kappa shape index (κ1) is 14.8. The van der Waals surface area contributed by atoms with Gasteiger partial charge in [-0.05, 0) is 25.7 Å². The fraction of sp³-hybridized carbons (Fsp3) is 0.714. The number of amides is 2. The topological polar surface area (TPSA) is 79.2 Å². The van der Waals surface area contributed by atoms with Crippen molar-refractivity contribution < 1.29 is 9.90 Å². The van der Waals surface area contributed by atoms with Crippen LogP contribution in [0.5, 0.6) is 0 Å². The molecule has 1 saturated carbocycles. The number of aliphatic hydroxyl groups is 1. The number of aryl methyl sites for hydroxylation is 1. The van der Waals surface area contributed by atoms with E-state index in [1.165, 1.54) is 0 Å². The van der Waals surface area contributed by atoms with Gasteiger partial charge in [0.05, 0.1) is 6.61 Å². The van der Waals surface area contributed by atoms with Crippen LogP contribution in [0.25, 0.3) is 0 Å². The molecule has 0 spiro atoms. The van der Waals surface area contributed by atoms with Crippen molar-refractivity contribution in [3.8, 4) is 0 Å². The zero-order chi connectivity index (χ0) is 14.6. The third-order valence-corrected chi connectivity index (χ3v) is 3.96. The minimum Gasteiger partial charge on any atom is -0.396 e. The lowest BCUT2D eigenvalue weighted by atomic mass is 10.1. The Labute approximate surface area is 119 Å². The van der Waals surface area contributed by atoms with Gasteiger partial charge in [0.1, 0.15) is 5.82 Å². The number of aromatic nitrogens is 2. The van der Waals surface area contributed by atoms with Crippen molar-refractivity contribution in [3.63, 3.8) is 0 Å². The van der Waals surface area contributed by atoms with Gasteiger partial charge in [-0.25, -0.2) is 9.78 Å². The minimum absolute atomic E-state index is 0.0448. The van der Waals surface area contributed by atoms with Crippen LogP contribution in [0.2, 0.25) is 0 Å². The van der Waals surface area contributed by atoms with Crippen LogP contribution >= 0.6 is 0 Å². The first-order valence-corrected chi connectivity index (χ1v) is 7.15. The summed E-state index contributed by atoms with van der Waals surface area (Å²) in [7, 11) is 0. The summed E-state index contributed by atoms with van der Waals surface area (Å²) in [4.78, 5) is 15.9. The smallest absolute Gasteiger partial charge is 0.314 e. The number of imidazole rings is 1. The molecule has 1 atom stereocenters. The zero-order valence-corrected chi connectivity index (χ0v) is 12.2. The quantitative estimate of drug-likeness (QED) is 0.694. The molecule has 0 saturated heterocycles. The number of aliphatic hydroxyl groups excluding tert-OH is 1. The van der Waals surface area contributed by atoms with E-state index in [4.69, 9.17) is 0 Å². The maximum atomic E-state index is 11.7. The van der Waals surface area contributed by atoms with Crippen LogP contribution in [0, 0.1) is 18.3 Å². The average Bonchev–Trinajstić information content (AvgIpc) is 3.12. The van der Waals surface area contributed by atoms with E-state index in [0.29, 0.717) is 19.0 Å². The normalized spacial score (nSPS) is 17.6. The highest BCUT2D eigenvalue weighted by Gasteiger charge is 2.42. The predicted molar refractivity (Wildman–Crippen MR) is 76.3 cm³/mol. The van der Waals surface area contributed by atoms with Gasteiger partial charge < -0.3 is 20.3 Å². The maximum Gasteiger partial charge on any atom is 0.314 e. The van der Waals surface area contributed by atoms with Gasteiger partial charge in [0.2, 0.25) is 0 Å². The van der Waals surface area contributed by atoms with Gasteiger partial charge >= 0.3 is 6.03 Å². The van der Waals surface area contributed by atoms with Crippen LogP contribution in [0.3, 0.4) is 0 Å². The first-order valence-electron chi connectivity index (χ1n) is 7.15. The van der Waals surface area contributed by atoms with Gasteiger partial charge in [-0.15, -0.1) is 0 Å². The van der Waals surface area contributed by atoms with Crippen LogP contribution in [0.15, 0.2) is 12.4 Å². The number of rotatable bonds is 7. The highest BCUT2D eigenvalue weighted by Crippen LogP contribution is 2.44. The molecule has 2 rings (SSSR count). The van der Waals surface area contributed by atoms with Crippen molar-refractivity contribution in [2.24, 2.45) is 11.3 Å². The minimum atomic E-state index is -0.154. The van der Waals surface area contributed by atoms with Crippen molar-refractivity contribution in [1.82, 2.24) is 20.2 Å². The Morgan fingerprint density at radius 2 is 2.30 bits per heavy atom. The lowest BCUT2D eigenvalue weighted by molar-refractivity contribution is 0.202. The number of carbonyl (C=O) groups is 1. The molecule has 1 aromatic rings. The second-order valence-corrected chi connectivity index (χ2v) is 5.95. The van der Waals surface area contributed by atoms with E-state index in [1.807, 2.05) is 13.1 Å². The number of carbonyl (C=O) groups excluding carboxylic acids is 1. The van der Waals surface area contributed by atoms with E-state index in [1.54, 1.807) is 6.20 Å². The van der Waals surface area contributed by atoms with E-state index < -0.39 is 0 Å². The zero-order valence-electron chi connectivity index (χ0n) is 12.2. The maximum absolute atomic E-state index is 11.7. The van der Waals surface area contributed by atoms with Gasteiger partial charge in [-0.1, -0.05) is 6.92 Å². The van der Waals surface area contributed by atoms with Gasteiger partial charge in [0.25, 0.3) is 0 Å². The third kappa shape index (κ3) is 3.96. The summed E-state index contributed by atoms with van der Waals surface area (Å²) in [6, 6.07) is -0.154. The highest BCUT2D eigenvalue weighted by atomic mass is 16.3. The highest BCUT2D eigenvalue weighted by molar-refractivity contribution is 5.73. The molecule has 1 aromatic heterocycles. The lowest BCUT2D eigenvalue weighted by Crippen LogP contribution is -2.41. The second-order valence-electron chi connectivity index (χ2n) is 5.95. The molecular formula is C14H24N4O2. The fourth-order valence-corrected chi connectivity index (χ4v) is 2.16. The van der Waals surface area contributed by atoms with Crippen LogP contribution in [0.4, 0.5) is 4.79 Å². The molecule has 6 nitrogen and oxygen atoms in total. The Morgan fingerprint density at radius 1 is 1.55 bits per heavy atom. The molecule has 1 heterocycles. The predicted octanol–water partition coefficient (Wildman–Crippen LogP) is 0.899. The lowest BCUT2D eigenvalue weighted by Gasteiger charge is -2.16. The van der Waals surface area contributed by atoms with Crippen LogP contribution in [0.1, 0.15) is 25.6 Å². The average molecular weight is 280 g/mol. The number of nitrogens with one attached hydrogen (secondary N) is 2. The fourth-order valence-electron chi connectivity index (χ4n) is 2.16. The Hall–Kier alpha value is -1.56. The van der Waals surface area contributed by atoms with E-state index >= 15 is 0 Å². The summed E-state index contributed by atoms with van der Waals surface area (Å²) in [5.41, 5.74) is -0.0448. The molecule has 1 fully saturated rings. The number of nitrogens with zero attached hydrogens (tertiary/aromatic N) is 2. The van der Waals surface area contributed by atoms with Crippen molar-refractivity contribution >= 4 is 6.03 Å². The van der Waals surface area contributed by atoms with Gasteiger partial charge in [0.15, 0.2) is 0 Å². The number of urea groups is 1.